The summed E-state index contributed by atoms with van der Waals surface area (Å²) in [5.41, 5.74) is 3.78. The third-order valence-electron chi connectivity index (χ3n) is 5.39. The molecule has 1 aromatic heterocycles. The van der Waals surface area contributed by atoms with Gasteiger partial charge in [-0.1, -0.05) is 41.1 Å². The van der Waals surface area contributed by atoms with E-state index in [0.29, 0.717) is 23.4 Å². The van der Waals surface area contributed by atoms with Gasteiger partial charge in [-0.3, -0.25) is 4.90 Å². The number of methoxy groups -OCH3 is 1. The molecule has 0 saturated carbocycles. The van der Waals surface area contributed by atoms with Crippen LogP contribution in [0.25, 0.3) is 17.0 Å². The lowest BCUT2D eigenvalue weighted by molar-refractivity contribution is 0.209. The average molecular weight is 434 g/mol. The lowest BCUT2D eigenvalue weighted by Crippen LogP contribution is -2.46. The summed E-state index contributed by atoms with van der Waals surface area (Å²) in [7, 11) is 1.40. The molecule has 1 atom stereocenters. The molecule has 3 aromatic rings. The third kappa shape index (κ3) is 3.87. The van der Waals surface area contributed by atoms with Crippen LogP contribution in [-0.2, 0) is 0 Å². The van der Waals surface area contributed by atoms with Crippen molar-refractivity contribution in [1.29, 1.82) is 0 Å². The number of carbonyl (C=O) groups is 1. The zero-order valence-electron chi connectivity index (χ0n) is 18.1. The van der Waals surface area contributed by atoms with Crippen molar-refractivity contribution in [2.75, 3.05) is 13.7 Å². The SMILES string of the molecule is C=CCN1C(=O)NC(c2ccc(C)cc2)C(c2nc(-c3ccc(OC)c(F)c3)no2)=C1C. The minimum Gasteiger partial charge on any atom is -0.494 e. The van der Waals surface area contributed by atoms with E-state index in [9.17, 15) is 9.18 Å². The molecule has 164 valence electrons. The quantitative estimate of drug-likeness (QED) is 0.560. The number of amides is 2. The first-order valence-electron chi connectivity index (χ1n) is 10.1. The number of allylic oxidation sites excluding steroid dienone is 1. The normalized spacial score (nSPS) is 16.2. The van der Waals surface area contributed by atoms with Crippen LogP contribution >= 0.6 is 0 Å². The summed E-state index contributed by atoms with van der Waals surface area (Å²) in [5.74, 6) is 0.0851. The van der Waals surface area contributed by atoms with Crippen LogP contribution in [0.3, 0.4) is 0 Å². The topological polar surface area (TPSA) is 80.5 Å². The van der Waals surface area contributed by atoms with Crippen LogP contribution in [0.1, 0.15) is 30.0 Å². The van der Waals surface area contributed by atoms with Crippen molar-refractivity contribution < 1.29 is 18.4 Å². The van der Waals surface area contributed by atoms with Gasteiger partial charge in [0, 0.05) is 17.8 Å². The molecule has 1 unspecified atom stereocenters. The van der Waals surface area contributed by atoms with Crippen molar-refractivity contribution in [3.63, 3.8) is 0 Å². The fourth-order valence-corrected chi connectivity index (χ4v) is 3.67. The highest BCUT2D eigenvalue weighted by Gasteiger charge is 2.35. The van der Waals surface area contributed by atoms with Crippen LogP contribution in [0.2, 0.25) is 0 Å². The van der Waals surface area contributed by atoms with Crippen LogP contribution in [0.4, 0.5) is 9.18 Å². The van der Waals surface area contributed by atoms with E-state index < -0.39 is 11.9 Å². The van der Waals surface area contributed by atoms with Gasteiger partial charge in [-0.2, -0.15) is 4.98 Å². The summed E-state index contributed by atoms with van der Waals surface area (Å²) < 4.78 is 24.7. The number of benzene rings is 2. The Labute approximate surface area is 185 Å². The third-order valence-corrected chi connectivity index (χ3v) is 5.39. The van der Waals surface area contributed by atoms with Gasteiger partial charge < -0.3 is 14.6 Å². The van der Waals surface area contributed by atoms with Crippen LogP contribution in [0, 0.1) is 12.7 Å². The maximum Gasteiger partial charge on any atom is 0.322 e. The van der Waals surface area contributed by atoms with Crippen molar-refractivity contribution in [1.82, 2.24) is 20.4 Å². The highest BCUT2D eigenvalue weighted by molar-refractivity contribution is 5.87. The van der Waals surface area contributed by atoms with E-state index in [0.717, 1.165) is 11.1 Å². The molecule has 0 fully saturated rings. The van der Waals surface area contributed by atoms with Gasteiger partial charge in [0.2, 0.25) is 5.82 Å². The summed E-state index contributed by atoms with van der Waals surface area (Å²) in [6.07, 6.45) is 1.65. The largest absolute Gasteiger partial charge is 0.494 e. The Morgan fingerprint density at radius 2 is 2.00 bits per heavy atom. The standard InChI is InChI=1S/C24H23FN4O3/c1-5-12-29-15(3)20(21(26-24(29)30)16-8-6-14(2)7-9-16)23-27-22(28-32-23)17-10-11-19(31-4)18(25)13-17/h5-11,13,21H,1,12H2,2-4H3,(H,26,30). The Morgan fingerprint density at radius 1 is 1.25 bits per heavy atom. The molecule has 0 saturated heterocycles. The number of ether oxygens (including phenoxy) is 1. The number of aryl methyl sites for hydroxylation is 1. The number of aromatic nitrogens is 2. The predicted molar refractivity (Wildman–Crippen MR) is 118 cm³/mol. The van der Waals surface area contributed by atoms with Crippen LogP contribution in [-0.4, -0.2) is 34.7 Å². The summed E-state index contributed by atoms with van der Waals surface area (Å²) in [6.45, 7) is 7.88. The summed E-state index contributed by atoms with van der Waals surface area (Å²) in [6, 6.07) is 11.6. The lowest BCUT2D eigenvalue weighted by atomic mass is 9.94. The predicted octanol–water partition coefficient (Wildman–Crippen LogP) is 4.88. The summed E-state index contributed by atoms with van der Waals surface area (Å²) in [4.78, 5) is 18.8. The number of nitrogens with zero attached hydrogens (tertiary/aromatic N) is 3. The first-order chi connectivity index (χ1) is 15.4. The zero-order chi connectivity index (χ0) is 22.8. The molecule has 0 spiro atoms. The molecule has 1 N–H and O–H groups in total. The molecular weight excluding hydrogens is 411 g/mol. The molecule has 32 heavy (non-hydrogen) atoms. The molecule has 2 aromatic carbocycles. The highest BCUT2D eigenvalue weighted by Crippen LogP contribution is 2.37. The molecule has 0 bridgehead atoms. The number of urea groups is 1. The monoisotopic (exact) mass is 434 g/mol. The fraction of sp³-hybridized carbons (Fsp3) is 0.208. The summed E-state index contributed by atoms with van der Waals surface area (Å²) >= 11 is 0. The Bertz CT molecular complexity index is 1200. The Morgan fingerprint density at radius 3 is 2.66 bits per heavy atom. The fourth-order valence-electron chi connectivity index (χ4n) is 3.67. The van der Waals surface area contributed by atoms with Crippen molar-refractivity contribution in [3.05, 3.63) is 83.7 Å². The van der Waals surface area contributed by atoms with E-state index >= 15 is 0 Å². The number of rotatable bonds is 6. The van der Waals surface area contributed by atoms with Crippen LogP contribution in [0.5, 0.6) is 5.75 Å². The second-order valence-corrected chi connectivity index (χ2v) is 7.46. The van der Waals surface area contributed by atoms with Crippen molar-refractivity contribution in [2.24, 2.45) is 0 Å². The minimum atomic E-state index is -0.522. The second-order valence-electron chi connectivity index (χ2n) is 7.46. The molecule has 8 heteroatoms. The summed E-state index contributed by atoms with van der Waals surface area (Å²) in [5, 5.41) is 7.06. The maximum atomic E-state index is 14.2. The number of hydrogen-bond donors (Lipinski definition) is 1. The molecule has 7 nitrogen and oxygen atoms in total. The van der Waals surface area contributed by atoms with Gasteiger partial charge in [0.05, 0.1) is 18.7 Å². The lowest BCUT2D eigenvalue weighted by Gasteiger charge is -2.34. The van der Waals surface area contributed by atoms with Gasteiger partial charge in [0.15, 0.2) is 11.6 Å². The molecule has 0 aliphatic carbocycles. The van der Waals surface area contributed by atoms with Crippen LogP contribution < -0.4 is 10.1 Å². The Kier molecular flexibility index (Phi) is 5.77. The van der Waals surface area contributed by atoms with E-state index in [1.54, 1.807) is 17.0 Å². The first-order valence-corrected chi connectivity index (χ1v) is 10.1. The molecule has 4 rings (SSSR count). The minimum absolute atomic E-state index is 0.130. The average Bonchev–Trinajstić information content (AvgIpc) is 3.26. The van der Waals surface area contributed by atoms with Crippen LogP contribution in [0.15, 0.2) is 65.3 Å². The van der Waals surface area contributed by atoms with Gasteiger partial charge in [0.1, 0.15) is 0 Å². The molecular formula is C24H23FN4O3. The van der Waals surface area contributed by atoms with E-state index in [-0.39, 0.29) is 23.5 Å². The second kappa shape index (κ2) is 8.66. The Balaban J connectivity index is 1.80. The molecule has 2 heterocycles. The van der Waals surface area contributed by atoms with Crippen molar-refractivity contribution in [2.45, 2.75) is 19.9 Å². The van der Waals surface area contributed by atoms with E-state index in [4.69, 9.17) is 9.26 Å². The van der Waals surface area contributed by atoms with Crippen molar-refractivity contribution in [3.8, 4) is 17.1 Å². The van der Waals surface area contributed by atoms with E-state index in [2.05, 4.69) is 22.0 Å². The van der Waals surface area contributed by atoms with E-state index in [1.807, 2.05) is 38.1 Å². The smallest absolute Gasteiger partial charge is 0.322 e. The van der Waals surface area contributed by atoms with Gasteiger partial charge in [-0.15, -0.1) is 6.58 Å². The number of nitrogens with one attached hydrogen (secondary N) is 1. The highest BCUT2D eigenvalue weighted by atomic mass is 19.1. The maximum absolute atomic E-state index is 14.2. The molecule has 2 amide bonds. The molecule has 1 aliphatic rings. The first kappa shape index (κ1) is 21.3. The van der Waals surface area contributed by atoms with Gasteiger partial charge in [-0.25, -0.2) is 9.18 Å². The van der Waals surface area contributed by atoms with Gasteiger partial charge in [-0.05, 0) is 37.6 Å². The molecule has 1 aliphatic heterocycles. The zero-order valence-corrected chi connectivity index (χ0v) is 18.1. The van der Waals surface area contributed by atoms with E-state index in [1.165, 1.54) is 19.2 Å². The van der Waals surface area contributed by atoms with Gasteiger partial charge >= 0.3 is 6.03 Å². The molecule has 0 radical (unpaired) electrons. The van der Waals surface area contributed by atoms with Gasteiger partial charge in [0.25, 0.3) is 5.89 Å². The number of hydrogen-bond acceptors (Lipinski definition) is 5. The Hall–Kier alpha value is -3.94. The number of carbonyl (C=O) groups excluding carboxylic acids is 1. The van der Waals surface area contributed by atoms with Crippen molar-refractivity contribution >= 4 is 11.6 Å². The number of halogens is 1.